The van der Waals surface area contributed by atoms with E-state index in [0.29, 0.717) is 24.5 Å². The molecule has 0 amide bonds. The summed E-state index contributed by atoms with van der Waals surface area (Å²) >= 11 is 0. The molecule has 0 atom stereocenters. The Kier molecular flexibility index (Phi) is 4.45. The number of nitrogens with one attached hydrogen (secondary N) is 1. The van der Waals surface area contributed by atoms with Gasteiger partial charge in [0.05, 0.1) is 6.10 Å². The molecule has 1 aromatic rings. The molecule has 19 heavy (non-hydrogen) atoms. The molecule has 1 saturated carbocycles. The Hall–Kier alpha value is -0.940. The van der Waals surface area contributed by atoms with Crippen molar-refractivity contribution in [3.8, 4) is 0 Å². The highest BCUT2D eigenvalue weighted by Crippen LogP contribution is 2.30. The van der Waals surface area contributed by atoms with E-state index in [0.717, 1.165) is 31.8 Å². The first-order chi connectivity index (χ1) is 9.42. The number of rotatable bonds is 4. The van der Waals surface area contributed by atoms with Gasteiger partial charge in [-0.2, -0.15) is 4.98 Å². The number of hydrogen-bond donors (Lipinski definition) is 1. The minimum atomic E-state index is 0.339. The summed E-state index contributed by atoms with van der Waals surface area (Å²) in [5.41, 5.74) is 0. The van der Waals surface area contributed by atoms with Crippen molar-refractivity contribution in [3.05, 3.63) is 11.7 Å². The summed E-state index contributed by atoms with van der Waals surface area (Å²) in [5.74, 6) is 2.04. The van der Waals surface area contributed by atoms with Gasteiger partial charge in [0.15, 0.2) is 5.82 Å². The van der Waals surface area contributed by atoms with Crippen LogP contribution in [-0.2, 0) is 11.3 Å². The van der Waals surface area contributed by atoms with Crippen molar-refractivity contribution in [3.63, 3.8) is 0 Å². The van der Waals surface area contributed by atoms with Gasteiger partial charge in [0, 0.05) is 5.92 Å². The van der Waals surface area contributed by atoms with Crippen molar-refractivity contribution in [2.75, 3.05) is 13.1 Å². The molecule has 5 nitrogen and oxygen atoms in total. The molecule has 0 aromatic carbocycles. The molecule has 0 radical (unpaired) electrons. The van der Waals surface area contributed by atoms with Crippen molar-refractivity contribution in [1.29, 1.82) is 0 Å². The standard InChI is InChI=1S/C14H23N3O2/c1-2-4-11(5-3-1)14-16-13(19-17-14)10-18-12-6-8-15-9-7-12/h11-12,15H,1-10H2. The molecule has 0 spiro atoms. The van der Waals surface area contributed by atoms with Crippen LogP contribution in [0.4, 0.5) is 0 Å². The van der Waals surface area contributed by atoms with E-state index in [1.165, 1.54) is 32.1 Å². The van der Waals surface area contributed by atoms with Crippen LogP contribution in [0.5, 0.6) is 0 Å². The lowest BCUT2D eigenvalue weighted by molar-refractivity contribution is 0.00859. The molecule has 1 N–H and O–H groups in total. The maximum atomic E-state index is 5.83. The lowest BCUT2D eigenvalue weighted by Crippen LogP contribution is -2.32. The van der Waals surface area contributed by atoms with Crippen molar-refractivity contribution < 1.29 is 9.26 Å². The van der Waals surface area contributed by atoms with Gasteiger partial charge in [-0.15, -0.1) is 0 Å². The largest absolute Gasteiger partial charge is 0.368 e. The molecular weight excluding hydrogens is 242 g/mol. The maximum Gasteiger partial charge on any atom is 0.252 e. The second-order valence-electron chi connectivity index (χ2n) is 5.64. The first-order valence-electron chi connectivity index (χ1n) is 7.56. The Morgan fingerprint density at radius 1 is 1.11 bits per heavy atom. The van der Waals surface area contributed by atoms with E-state index in [1.807, 2.05) is 0 Å². The number of ether oxygens (including phenoxy) is 1. The average Bonchev–Trinajstić information content (AvgIpc) is 2.96. The van der Waals surface area contributed by atoms with Gasteiger partial charge in [0.2, 0.25) is 0 Å². The van der Waals surface area contributed by atoms with E-state index >= 15 is 0 Å². The highest BCUT2D eigenvalue weighted by Gasteiger charge is 2.21. The van der Waals surface area contributed by atoms with E-state index in [4.69, 9.17) is 9.26 Å². The second kappa shape index (κ2) is 6.48. The molecule has 2 fully saturated rings. The van der Waals surface area contributed by atoms with Gasteiger partial charge >= 0.3 is 0 Å². The number of piperidine rings is 1. The molecule has 0 unspecified atom stereocenters. The number of nitrogens with zero attached hydrogens (tertiary/aromatic N) is 2. The van der Waals surface area contributed by atoms with Crippen LogP contribution in [0, 0.1) is 0 Å². The van der Waals surface area contributed by atoms with Crippen LogP contribution in [0.15, 0.2) is 4.52 Å². The topological polar surface area (TPSA) is 60.2 Å². The summed E-state index contributed by atoms with van der Waals surface area (Å²) in [5, 5.41) is 7.45. The zero-order valence-electron chi connectivity index (χ0n) is 11.4. The molecular formula is C14H23N3O2. The van der Waals surface area contributed by atoms with E-state index < -0.39 is 0 Å². The van der Waals surface area contributed by atoms with Crippen LogP contribution in [0.3, 0.4) is 0 Å². The smallest absolute Gasteiger partial charge is 0.252 e. The predicted octanol–water partition coefficient (Wildman–Crippen LogP) is 2.39. The van der Waals surface area contributed by atoms with Crippen LogP contribution in [0.2, 0.25) is 0 Å². The molecule has 5 heteroatoms. The highest BCUT2D eigenvalue weighted by molar-refractivity contribution is 4.96. The van der Waals surface area contributed by atoms with E-state index in [2.05, 4.69) is 15.5 Å². The fourth-order valence-corrected chi connectivity index (χ4v) is 3.00. The first kappa shape index (κ1) is 13.1. The Labute approximate surface area is 114 Å². The van der Waals surface area contributed by atoms with Crippen LogP contribution >= 0.6 is 0 Å². The minimum absolute atomic E-state index is 0.339. The Balaban J connectivity index is 1.49. The van der Waals surface area contributed by atoms with Crippen molar-refractivity contribution in [1.82, 2.24) is 15.5 Å². The summed E-state index contributed by atoms with van der Waals surface area (Å²) in [7, 11) is 0. The molecule has 3 rings (SSSR count). The maximum absolute atomic E-state index is 5.83. The predicted molar refractivity (Wildman–Crippen MR) is 70.8 cm³/mol. The van der Waals surface area contributed by atoms with Gasteiger partial charge in [0.1, 0.15) is 6.61 Å². The van der Waals surface area contributed by atoms with Gasteiger partial charge in [-0.25, -0.2) is 0 Å². The summed E-state index contributed by atoms with van der Waals surface area (Å²) in [6.07, 6.45) is 8.82. The zero-order valence-corrected chi connectivity index (χ0v) is 11.4. The minimum Gasteiger partial charge on any atom is -0.368 e. The van der Waals surface area contributed by atoms with Gasteiger partial charge in [-0.05, 0) is 38.8 Å². The van der Waals surface area contributed by atoms with Crippen LogP contribution in [0.1, 0.15) is 62.6 Å². The third-order valence-corrected chi connectivity index (χ3v) is 4.18. The van der Waals surface area contributed by atoms with Gasteiger partial charge in [0.25, 0.3) is 5.89 Å². The van der Waals surface area contributed by atoms with Crippen LogP contribution < -0.4 is 5.32 Å². The zero-order chi connectivity index (χ0) is 12.9. The molecule has 106 valence electrons. The fourth-order valence-electron chi connectivity index (χ4n) is 3.00. The molecule has 1 aliphatic carbocycles. The fraction of sp³-hybridized carbons (Fsp3) is 0.857. The molecule has 1 saturated heterocycles. The van der Waals surface area contributed by atoms with Crippen LogP contribution in [0.25, 0.3) is 0 Å². The Morgan fingerprint density at radius 3 is 2.68 bits per heavy atom. The van der Waals surface area contributed by atoms with Gasteiger partial charge in [-0.1, -0.05) is 24.4 Å². The third kappa shape index (κ3) is 3.54. The van der Waals surface area contributed by atoms with E-state index in [-0.39, 0.29) is 0 Å². The van der Waals surface area contributed by atoms with Gasteiger partial charge < -0.3 is 14.6 Å². The van der Waals surface area contributed by atoms with Crippen molar-refractivity contribution >= 4 is 0 Å². The Morgan fingerprint density at radius 2 is 1.89 bits per heavy atom. The summed E-state index contributed by atoms with van der Waals surface area (Å²) in [6.45, 7) is 2.55. The van der Waals surface area contributed by atoms with E-state index in [1.54, 1.807) is 0 Å². The second-order valence-corrected chi connectivity index (χ2v) is 5.64. The molecule has 2 aliphatic rings. The quantitative estimate of drug-likeness (QED) is 0.905. The first-order valence-corrected chi connectivity index (χ1v) is 7.56. The lowest BCUT2D eigenvalue weighted by Gasteiger charge is -2.22. The van der Waals surface area contributed by atoms with Crippen molar-refractivity contribution in [2.45, 2.75) is 63.6 Å². The summed E-state index contributed by atoms with van der Waals surface area (Å²) in [4.78, 5) is 4.50. The monoisotopic (exact) mass is 265 g/mol. The van der Waals surface area contributed by atoms with Gasteiger partial charge in [-0.3, -0.25) is 0 Å². The third-order valence-electron chi connectivity index (χ3n) is 4.18. The summed E-state index contributed by atoms with van der Waals surface area (Å²) in [6, 6.07) is 0. The molecule has 2 heterocycles. The molecule has 1 aromatic heterocycles. The van der Waals surface area contributed by atoms with Crippen LogP contribution in [-0.4, -0.2) is 29.3 Å². The lowest BCUT2D eigenvalue weighted by atomic mass is 9.89. The number of aromatic nitrogens is 2. The normalized spacial score (nSPS) is 22.7. The van der Waals surface area contributed by atoms with Crippen molar-refractivity contribution in [2.24, 2.45) is 0 Å². The average molecular weight is 265 g/mol. The Bertz CT molecular complexity index is 382. The molecule has 0 bridgehead atoms. The SMILES string of the molecule is C1CCC(c2noc(COC3CCNCC3)n2)CC1. The highest BCUT2D eigenvalue weighted by atomic mass is 16.5. The van der Waals surface area contributed by atoms with E-state index in [9.17, 15) is 0 Å². The molecule has 1 aliphatic heterocycles. The summed E-state index contributed by atoms with van der Waals surface area (Å²) < 4.78 is 11.1. The number of hydrogen-bond acceptors (Lipinski definition) is 5.